The molecule has 0 aliphatic carbocycles. The van der Waals surface area contributed by atoms with Crippen molar-refractivity contribution in [3.05, 3.63) is 83.4 Å². The molecule has 174 valence electrons. The van der Waals surface area contributed by atoms with Crippen LogP contribution in [0.25, 0.3) is 5.57 Å². The highest BCUT2D eigenvalue weighted by atomic mass is 32.2. The van der Waals surface area contributed by atoms with Crippen molar-refractivity contribution in [3.63, 3.8) is 0 Å². The molecule has 0 saturated carbocycles. The first kappa shape index (κ1) is 25.2. The standard InChI is InChI=1S/C30H37NOS/c1-5-31(18-8-6-7-17-30(2,3)4)22-25-12-10-16-29(21-25)32-23-26-13-9-14-27(20-26)28-15-11-19-33-24-28/h6,8-10,12-16,20-21H,5,11,18-19,22-24H2,1-4H3. The van der Waals surface area contributed by atoms with E-state index < -0.39 is 0 Å². The minimum Gasteiger partial charge on any atom is -0.489 e. The third-order valence-electron chi connectivity index (χ3n) is 5.38. The molecule has 2 nitrogen and oxygen atoms in total. The Kier molecular flexibility index (Phi) is 9.73. The molecule has 0 fully saturated rings. The van der Waals surface area contributed by atoms with Crippen molar-refractivity contribution in [2.45, 2.75) is 47.3 Å². The van der Waals surface area contributed by atoms with Crippen molar-refractivity contribution in [2.24, 2.45) is 5.41 Å². The van der Waals surface area contributed by atoms with Crippen LogP contribution in [-0.4, -0.2) is 29.5 Å². The largest absolute Gasteiger partial charge is 0.489 e. The lowest BCUT2D eigenvalue weighted by molar-refractivity contribution is 0.299. The monoisotopic (exact) mass is 459 g/mol. The van der Waals surface area contributed by atoms with Crippen LogP contribution in [0.1, 0.15) is 50.8 Å². The van der Waals surface area contributed by atoms with Gasteiger partial charge in [-0.15, -0.1) is 0 Å². The van der Waals surface area contributed by atoms with Gasteiger partial charge >= 0.3 is 0 Å². The van der Waals surface area contributed by atoms with Crippen LogP contribution in [0.4, 0.5) is 0 Å². The molecule has 0 radical (unpaired) electrons. The Morgan fingerprint density at radius 2 is 1.91 bits per heavy atom. The molecule has 1 heterocycles. The van der Waals surface area contributed by atoms with E-state index in [0.717, 1.165) is 31.1 Å². The van der Waals surface area contributed by atoms with Gasteiger partial charge in [-0.25, -0.2) is 0 Å². The summed E-state index contributed by atoms with van der Waals surface area (Å²) < 4.78 is 6.16. The maximum Gasteiger partial charge on any atom is 0.120 e. The van der Waals surface area contributed by atoms with E-state index in [1.54, 1.807) is 0 Å². The molecule has 1 aliphatic heterocycles. The molecule has 0 amide bonds. The molecule has 2 aromatic carbocycles. The maximum atomic E-state index is 6.16. The second kappa shape index (κ2) is 12.7. The zero-order chi connectivity index (χ0) is 23.5. The van der Waals surface area contributed by atoms with E-state index in [-0.39, 0.29) is 5.41 Å². The summed E-state index contributed by atoms with van der Waals surface area (Å²) in [6, 6.07) is 17.2. The average Bonchev–Trinajstić information content (AvgIpc) is 2.82. The second-order valence-corrected chi connectivity index (χ2v) is 10.6. The van der Waals surface area contributed by atoms with Crippen LogP contribution >= 0.6 is 11.8 Å². The Morgan fingerprint density at radius 3 is 2.67 bits per heavy atom. The van der Waals surface area contributed by atoms with Crippen molar-refractivity contribution in [2.75, 3.05) is 24.6 Å². The minimum atomic E-state index is 0.0444. The Labute approximate surface area is 205 Å². The summed E-state index contributed by atoms with van der Waals surface area (Å²) in [4.78, 5) is 2.40. The number of nitrogens with zero attached hydrogens (tertiary/aromatic N) is 1. The highest BCUT2D eigenvalue weighted by Crippen LogP contribution is 2.26. The van der Waals surface area contributed by atoms with Gasteiger partial charge in [-0.05, 0) is 86.0 Å². The fraction of sp³-hybridized carbons (Fsp3) is 0.400. The number of benzene rings is 2. The molecule has 0 unspecified atom stereocenters. The Balaban J connectivity index is 1.55. The molecular weight excluding hydrogens is 422 g/mol. The van der Waals surface area contributed by atoms with Crippen molar-refractivity contribution in [1.82, 2.24) is 4.90 Å². The second-order valence-electron chi connectivity index (χ2n) is 9.46. The highest BCUT2D eigenvalue weighted by molar-refractivity contribution is 7.99. The Bertz CT molecular complexity index is 1020. The number of hydrogen-bond acceptors (Lipinski definition) is 3. The summed E-state index contributed by atoms with van der Waals surface area (Å²) in [6.07, 6.45) is 7.67. The highest BCUT2D eigenvalue weighted by Gasteiger charge is 2.08. The van der Waals surface area contributed by atoms with Crippen molar-refractivity contribution in [1.29, 1.82) is 0 Å². The van der Waals surface area contributed by atoms with Crippen molar-refractivity contribution >= 4 is 17.3 Å². The summed E-state index contributed by atoms with van der Waals surface area (Å²) >= 11 is 2.02. The fourth-order valence-corrected chi connectivity index (χ4v) is 4.54. The molecule has 3 heteroatoms. The summed E-state index contributed by atoms with van der Waals surface area (Å²) in [7, 11) is 0. The van der Waals surface area contributed by atoms with Crippen LogP contribution in [0.2, 0.25) is 0 Å². The molecule has 33 heavy (non-hydrogen) atoms. The van der Waals surface area contributed by atoms with Gasteiger partial charge in [0.25, 0.3) is 0 Å². The van der Waals surface area contributed by atoms with Gasteiger partial charge in [0, 0.05) is 24.3 Å². The van der Waals surface area contributed by atoms with Crippen molar-refractivity contribution in [3.8, 4) is 17.6 Å². The average molecular weight is 460 g/mol. The van der Waals surface area contributed by atoms with Crippen molar-refractivity contribution < 1.29 is 4.74 Å². The van der Waals surface area contributed by atoms with Gasteiger partial charge in [-0.3, -0.25) is 4.90 Å². The quantitative estimate of drug-likeness (QED) is 0.368. The first-order chi connectivity index (χ1) is 15.9. The number of thioether (sulfide) groups is 1. The SMILES string of the molecule is CCN(CC=CC#CC(C)(C)C)Cc1cccc(OCc2cccc(C3=CCCSC3)c2)c1. The van der Waals surface area contributed by atoms with E-state index >= 15 is 0 Å². The lowest BCUT2D eigenvalue weighted by atomic mass is 9.98. The Hall–Kier alpha value is -2.41. The molecule has 3 rings (SSSR count). The topological polar surface area (TPSA) is 12.5 Å². The van der Waals surface area contributed by atoms with Gasteiger partial charge in [0.15, 0.2) is 0 Å². The number of ether oxygens (including phenoxy) is 1. The van der Waals surface area contributed by atoms with Gasteiger partial charge in [0.1, 0.15) is 12.4 Å². The molecule has 2 aromatic rings. The first-order valence-electron chi connectivity index (χ1n) is 11.9. The van der Waals surface area contributed by atoms with E-state index in [0.29, 0.717) is 6.61 Å². The fourth-order valence-electron chi connectivity index (χ4n) is 3.60. The Morgan fingerprint density at radius 1 is 1.09 bits per heavy atom. The molecule has 0 N–H and O–H groups in total. The van der Waals surface area contributed by atoms with Crippen LogP contribution in [0.15, 0.2) is 66.8 Å². The van der Waals surface area contributed by atoms with Crippen LogP contribution < -0.4 is 4.74 Å². The molecule has 0 spiro atoms. The summed E-state index contributed by atoms with van der Waals surface area (Å²) in [5.41, 5.74) is 5.31. The molecule has 0 saturated heterocycles. The number of rotatable bonds is 9. The van der Waals surface area contributed by atoms with Crippen LogP contribution in [0.3, 0.4) is 0 Å². The predicted octanol–water partition coefficient (Wildman–Crippen LogP) is 7.21. The van der Waals surface area contributed by atoms with Gasteiger partial charge < -0.3 is 4.74 Å². The number of allylic oxidation sites excluding steroid dienone is 2. The third-order valence-corrected chi connectivity index (χ3v) is 6.42. The number of hydrogen-bond donors (Lipinski definition) is 0. The zero-order valence-electron chi connectivity index (χ0n) is 20.6. The third kappa shape index (κ3) is 9.16. The van der Waals surface area contributed by atoms with Gasteiger partial charge in [-0.2, -0.15) is 11.8 Å². The van der Waals surface area contributed by atoms with Crippen LogP contribution in [0.5, 0.6) is 5.75 Å². The smallest absolute Gasteiger partial charge is 0.120 e. The van der Waals surface area contributed by atoms with Gasteiger partial charge in [-0.1, -0.05) is 61.2 Å². The molecular formula is C30H37NOS. The molecule has 0 bridgehead atoms. The van der Waals surface area contributed by atoms with Crippen LogP contribution in [0, 0.1) is 17.3 Å². The van der Waals surface area contributed by atoms with Gasteiger partial charge in [0.2, 0.25) is 0 Å². The minimum absolute atomic E-state index is 0.0444. The first-order valence-corrected chi connectivity index (χ1v) is 13.1. The zero-order valence-corrected chi connectivity index (χ0v) is 21.4. The predicted molar refractivity (Wildman–Crippen MR) is 144 cm³/mol. The summed E-state index contributed by atoms with van der Waals surface area (Å²) in [5.74, 6) is 9.67. The lowest BCUT2D eigenvalue weighted by Gasteiger charge is -2.19. The summed E-state index contributed by atoms with van der Waals surface area (Å²) in [6.45, 7) is 11.9. The van der Waals surface area contributed by atoms with Gasteiger partial charge in [0.05, 0.1) is 0 Å². The normalized spacial score (nSPS) is 14.2. The van der Waals surface area contributed by atoms with E-state index in [2.05, 4.69) is 99.1 Å². The summed E-state index contributed by atoms with van der Waals surface area (Å²) in [5, 5.41) is 0. The van der Waals surface area contributed by atoms with E-state index in [9.17, 15) is 0 Å². The number of likely N-dealkylation sites (N-methyl/N-ethyl adjacent to an activating group) is 1. The molecule has 0 atom stereocenters. The molecule has 0 aromatic heterocycles. The lowest BCUT2D eigenvalue weighted by Crippen LogP contribution is -2.22. The van der Waals surface area contributed by atoms with E-state index in [4.69, 9.17) is 4.74 Å². The van der Waals surface area contributed by atoms with Crippen LogP contribution in [-0.2, 0) is 13.2 Å². The van der Waals surface area contributed by atoms with E-state index in [1.165, 1.54) is 34.4 Å². The van der Waals surface area contributed by atoms with E-state index in [1.807, 2.05) is 23.9 Å². The molecule has 1 aliphatic rings. The maximum absolute atomic E-state index is 6.16.